The van der Waals surface area contributed by atoms with Gasteiger partial charge in [0.25, 0.3) is 5.56 Å². The lowest BCUT2D eigenvalue weighted by Gasteiger charge is -2.37. The highest BCUT2D eigenvalue weighted by molar-refractivity contribution is 7.92. The third-order valence-corrected chi connectivity index (χ3v) is 8.54. The molecule has 3 N–H and O–H groups in total. The van der Waals surface area contributed by atoms with Gasteiger partial charge in [-0.15, -0.1) is 0 Å². The van der Waals surface area contributed by atoms with E-state index in [1.807, 2.05) is 23.7 Å². The largest absolute Gasteiger partial charge is 0.391 e. The topological polar surface area (TPSA) is 129 Å². The second-order valence-electron chi connectivity index (χ2n) is 11.0. The molecule has 15 heteroatoms. The summed E-state index contributed by atoms with van der Waals surface area (Å²) in [7, 11) is -0.600. The molecule has 0 spiro atoms. The number of anilines is 2. The zero-order valence-corrected chi connectivity index (χ0v) is 24.4. The first-order chi connectivity index (χ1) is 19.5. The minimum atomic E-state index is -4.68. The highest BCUT2D eigenvalue weighted by atomic mass is 32.2. The Kier molecular flexibility index (Phi) is 9.14. The van der Waals surface area contributed by atoms with E-state index in [9.17, 15) is 35.9 Å². The first-order valence-corrected chi connectivity index (χ1v) is 15.1. The van der Waals surface area contributed by atoms with E-state index < -0.39 is 51.5 Å². The normalized spacial score (nSPS) is 19.9. The van der Waals surface area contributed by atoms with Crippen LogP contribution in [0.15, 0.2) is 35.3 Å². The SMILES string of the molecule is CC(C)n1c(=O)c(-c2ccc(NS(=O)(=O)CCC(F)(F)F)c(F)c2)cc2cnc(N[C@@H]3CC[C@@H](N(C)C)C(O)C3)nc21. The minimum absolute atomic E-state index is 0.0560. The summed E-state index contributed by atoms with van der Waals surface area (Å²) in [5.41, 5.74) is -0.401. The summed E-state index contributed by atoms with van der Waals surface area (Å²) in [4.78, 5) is 24.6. The number of nitrogens with zero attached hydrogens (tertiary/aromatic N) is 4. The zero-order valence-electron chi connectivity index (χ0n) is 23.6. The average molecular weight is 615 g/mol. The van der Waals surface area contributed by atoms with E-state index >= 15 is 0 Å². The van der Waals surface area contributed by atoms with Crippen LogP contribution in [-0.2, 0) is 10.0 Å². The summed E-state index contributed by atoms with van der Waals surface area (Å²) in [5, 5.41) is 14.3. The second-order valence-corrected chi connectivity index (χ2v) is 12.9. The van der Waals surface area contributed by atoms with Crippen molar-refractivity contribution in [2.24, 2.45) is 0 Å². The van der Waals surface area contributed by atoms with Crippen LogP contribution in [0.4, 0.5) is 29.2 Å². The Bertz CT molecular complexity index is 1610. The first kappa shape index (κ1) is 31.6. The van der Waals surface area contributed by atoms with Crippen molar-refractivity contribution in [1.82, 2.24) is 19.4 Å². The van der Waals surface area contributed by atoms with E-state index in [2.05, 4.69) is 15.3 Å². The van der Waals surface area contributed by atoms with Crippen LogP contribution in [0.2, 0.25) is 0 Å². The molecule has 1 aliphatic carbocycles. The summed E-state index contributed by atoms with van der Waals surface area (Å²) in [6.45, 7) is 3.58. The molecule has 1 saturated carbocycles. The van der Waals surface area contributed by atoms with Crippen LogP contribution in [0.25, 0.3) is 22.2 Å². The van der Waals surface area contributed by atoms with Gasteiger partial charge in [-0.2, -0.15) is 18.2 Å². The van der Waals surface area contributed by atoms with Crippen LogP contribution in [0.1, 0.15) is 45.6 Å². The standard InChI is InChI=1S/C27H34F4N6O4S/c1-15(2)37-24-17(14-32-26(34-24)33-18-6-8-22(36(3)4)23(38)13-18)11-19(25(37)39)16-5-7-21(20(28)12-16)35-42(40,41)10-9-27(29,30)31/h5,7,11-12,14-15,18,22-23,35,38H,6,8-10,13H2,1-4H3,(H,32,33,34)/t18-,22-,23?/m1/s1. The van der Waals surface area contributed by atoms with Gasteiger partial charge in [-0.05, 0) is 71.0 Å². The lowest BCUT2D eigenvalue weighted by Crippen LogP contribution is -2.46. The Labute approximate surface area is 240 Å². The number of likely N-dealkylation sites (N-methyl/N-ethyl adjacent to an activating group) is 1. The summed E-state index contributed by atoms with van der Waals surface area (Å²) >= 11 is 0. The van der Waals surface area contributed by atoms with Crippen molar-refractivity contribution in [2.75, 3.05) is 29.9 Å². The molecule has 0 saturated heterocycles. The quantitative estimate of drug-likeness (QED) is 0.307. The lowest BCUT2D eigenvalue weighted by atomic mass is 9.88. The molecular formula is C27H34F4N6O4S. The molecule has 0 bridgehead atoms. The van der Waals surface area contributed by atoms with Gasteiger partial charge in [0.2, 0.25) is 16.0 Å². The van der Waals surface area contributed by atoms with Gasteiger partial charge in [0.15, 0.2) is 0 Å². The van der Waals surface area contributed by atoms with Gasteiger partial charge in [-0.25, -0.2) is 17.8 Å². The number of hydrogen-bond donors (Lipinski definition) is 3. The molecule has 1 aromatic carbocycles. The van der Waals surface area contributed by atoms with Gasteiger partial charge >= 0.3 is 6.18 Å². The van der Waals surface area contributed by atoms with Crippen LogP contribution < -0.4 is 15.6 Å². The van der Waals surface area contributed by atoms with Crippen LogP contribution in [0, 0.1) is 5.82 Å². The number of alkyl halides is 3. The van der Waals surface area contributed by atoms with E-state index in [1.54, 1.807) is 13.8 Å². The average Bonchev–Trinajstić information content (AvgIpc) is 2.87. The van der Waals surface area contributed by atoms with Gasteiger partial charge in [0, 0.05) is 35.3 Å². The number of fused-ring (bicyclic) bond motifs is 1. The van der Waals surface area contributed by atoms with Crippen LogP contribution in [-0.4, -0.2) is 77.2 Å². The van der Waals surface area contributed by atoms with Crippen molar-refractivity contribution in [2.45, 2.75) is 69.9 Å². The smallest absolute Gasteiger partial charge is 0.390 e. The third kappa shape index (κ3) is 7.36. The molecule has 3 aromatic rings. The molecule has 3 atom stereocenters. The number of aromatic nitrogens is 3. The van der Waals surface area contributed by atoms with E-state index in [0.29, 0.717) is 23.4 Å². The van der Waals surface area contributed by atoms with Crippen molar-refractivity contribution in [3.8, 4) is 11.1 Å². The summed E-state index contributed by atoms with van der Waals surface area (Å²) < 4.78 is 79.5. The van der Waals surface area contributed by atoms with E-state index in [0.717, 1.165) is 25.0 Å². The predicted molar refractivity (Wildman–Crippen MR) is 152 cm³/mol. The van der Waals surface area contributed by atoms with Gasteiger partial charge in [-0.3, -0.25) is 14.1 Å². The molecule has 1 aliphatic rings. The molecule has 2 aromatic heterocycles. The number of sulfonamides is 1. The number of pyridine rings is 1. The van der Waals surface area contributed by atoms with Crippen molar-refractivity contribution in [1.29, 1.82) is 0 Å². The summed E-state index contributed by atoms with van der Waals surface area (Å²) in [6.07, 6.45) is -3.12. The van der Waals surface area contributed by atoms with Crippen molar-refractivity contribution in [3.63, 3.8) is 0 Å². The fourth-order valence-electron chi connectivity index (χ4n) is 5.16. The second kappa shape index (κ2) is 12.1. The third-order valence-electron chi connectivity index (χ3n) is 7.27. The highest BCUT2D eigenvalue weighted by Crippen LogP contribution is 2.28. The van der Waals surface area contributed by atoms with Crippen LogP contribution in [0.5, 0.6) is 0 Å². The maximum atomic E-state index is 14.9. The fourth-order valence-corrected chi connectivity index (χ4v) is 6.26. The van der Waals surface area contributed by atoms with Crippen LogP contribution in [0.3, 0.4) is 0 Å². The Hall–Kier alpha value is -3.30. The molecule has 0 aliphatic heterocycles. The van der Waals surface area contributed by atoms with Gasteiger partial charge in [0.05, 0.1) is 24.0 Å². The molecule has 0 radical (unpaired) electrons. The maximum Gasteiger partial charge on any atom is 0.390 e. The molecule has 1 unspecified atom stereocenters. The molecule has 42 heavy (non-hydrogen) atoms. The van der Waals surface area contributed by atoms with Crippen molar-refractivity contribution in [3.05, 3.63) is 46.6 Å². The Morgan fingerprint density at radius 2 is 1.90 bits per heavy atom. The number of rotatable bonds is 9. The van der Waals surface area contributed by atoms with E-state index in [4.69, 9.17) is 0 Å². The van der Waals surface area contributed by atoms with E-state index in [1.165, 1.54) is 22.9 Å². The minimum Gasteiger partial charge on any atom is -0.391 e. The van der Waals surface area contributed by atoms with Gasteiger partial charge in [0.1, 0.15) is 11.5 Å². The molecule has 1 fully saturated rings. The van der Waals surface area contributed by atoms with Crippen molar-refractivity contribution < 1.29 is 31.1 Å². The highest BCUT2D eigenvalue weighted by Gasteiger charge is 2.31. The molecular weight excluding hydrogens is 580 g/mol. The first-order valence-electron chi connectivity index (χ1n) is 13.4. The number of benzene rings is 1. The number of nitrogens with one attached hydrogen (secondary N) is 2. The monoisotopic (exact) mass is 614 g/mol. The number of aliphatic hydroxyl groups is 1. The van der Waals surface area contributed by atoms with Crippen LogP contribution >= 0.6 is 0 Å². The molecule has 230 valence electrons. The number of aliphatic hydroxyl groups excluding tert-OH is 1. The zero-order chi connectivity index (χ0) is 31.0. The predicted octanol–water partition coefficient (Wildman–Crippen LogP) is 4.13. The molecule has 4 rings (SSSR count). The summed E-state index contributed by atoms with van der Waals surface area (Å²) in [5.74, 6) is -2.01. The molecule has 0 amide bonds. The van der Waals surface area contributed by atoms with Gasteiger partial charge in [-0.1, -0.05) is 6.07 Å². The lowest BCUT2D eigenvalue weighted by molar-refractivity contribution is -0.129. The fraction of sp³-hybridized carbons (Fsp3) is 0.519. The number of hydrogen-bond acceptors (Lipinski definition) is 8. The summed E-state index contributed by atoms with van der Waals surface area (Å²) in [6, 6.07) is 4.49. The van der Waals surface area contributed by atoms with E-state index in [-0.39, 0.29) is 29.3 Å². The molecule has 10 nitrogen and oxygen atoms in total. The molecule has 2 heterocycles. The Morgan fingerprint density at radius 3 is 2.50 bits per heavy atom. The van der Waals surface area contributed by atoms with Crippen molar-refractivity contribution >= 4 is 32.7 Å². The maximum absolute atomic E-state index is 14.9. The Balaban J connectivity index is 1.62. The van der Waals surface area contributed by atoms with Gasteiger partial charge < -0.3 is 15.3 Å². The Morgan fingerprint density at radius 1 is 1.19 bits per heavy atom. The number of halogens is 4.